The number of aryl methyl sites for hydroxylation is 4. The molecule has 0 fully saturated rings. The third-order valence-electron chi connectivity index (χ3n) is 12.2. The molecule has 0 bridgehead atoms. The SMILES string of the molecule is CCCCCCc1cc(C2=C(CCCC)C(CCCC)=C(c3cc(CCCCCC)c(CC)c(CCCCCC)c3)[N+]2=[N-])cc(CCCCCC)c1CC.[CH3][Ni][CH3]. The number of unbranched alkanes of at least 4 members (excludes halogenated alkanes) is 14. The van der Waals surface area contributed by atoms with Gasteiger partial charge in [-0.1, -0.05) is 145 Å². The predicted octanol–water partition coefficient (Wildman–Crippen LogP) is 18.0. The van der Waals surface area contributed by atoms with Crippen molar-refractivity contribution < 1.29 is 19.1 Å². The van der Waals surface area contributed by atoms with E-state index < -0.39 is 0 Å². The summed E-state index contributed by atoms with van der Waals surface area (Å²) in [6.07, 6.45) is 34.0. The summed E-state index contributed by atoms with van der Waals surface area (Å²) in [6.45, 7) is 18.6. The molecule has 0 amide bonds. The van der Waals surface area contributed by atoms with E-state index in [-0.39, 0.29) is 0 Å². The fourth-order valence-electron chi connectivity index (χ4n) is 9.13. The van der Waals surface area contributed by atoms with Gasteiger partial charge in [-0.3, -0.25) is 0 Å². The monoisotopic (exact) mass is 825 g/mol. The quantitative estimate of drug-likeness (QED) is 0.0426. The van der Waals surface area contributed by atoms with Crippen molar-refractivity contribution in [3.8, 4) is 0 Å². The van der Waals surface area contributed by atoms with Gasteiger partial charge in [0.25, 0.3) is 0 Å². The van der Waals surface area contributed by atoms with Gasteiger partial charge in [-0.2, -0.15) is 0 Å². The van der Waals surface area contributed by atoms with Crippen molar-refractivity contribution in [2.75, 3.05) is 0 Å². The van der Waals surface area contributed by atoms with Gasteiger partial charge in [0.2, 0.25) is 11.4 Å². The van der Waals surface area contributed by atoms with E-state index in [2.05, 4.69) is 91.4 Å². The predicted molar refractivity (Wildman–Crippen MR) is 251 cm³/mol. The average Bonchev–Trinajstić information content (AvgIpc) is 3.49. The number of nitrogens with zero attached hydrogens (tertiary/aromatic N) is 2. The van der Waals surface area contributed by atoms with E-state index in [0.717, 1.165) is 88.4 Å². The molecule has 3 heteroatoms. The van der Waals surface area contributed by atoms with E-state index >= 15 is 0 Å². The zero-order valence-electron chi connectivity index (χ0n) is 39.3. The number of hydrogen-bond acceptors (Lipinski definition) is 0. The van der Waals surface area contributed by atoms with E-state index in [9.17, 15) is 5.53 Å². The molecule has 57 heavy (non-hydrogen) atoms. The van der Waals surface area contributed by atoms with Gasteiger partial charge in [0.1, 0.15) is 0 Å². The van der Waals surface area contributed by atoms with Gasteiger partial charge in [-0.15, -0.1) is 0 Å². The maximum atomic E-state index is 12.8. The minimum absolute atomic E-state index is 1.03. The number of benzene rings is 2. The molecule has 1 aliphatic heterocycles. The first-order valence-corrected chi connectivity index (χ1v) is 26.3. The van der Waals surface area contributed by atoms with Crippen LogP contribution in [0.15, 0.2) is 35.4 Å². The van der Waals surface area contributed by atoms with Crippen molar-refractivity contribution >= 4 is 11.4 Å². The van der Waals surface area contributed by atoms with E-state index in [0.29, 0.717) is 0 Å². The van der Waals surface area contributed by atoms with Crippen molar-refractivity contribution in [2.24, 2.45) is 0 Å². The third kappa shape index (κ3) is 16.5. The van der Waals surface area contributed by atoms with Crippen molar-refractivity contribution in [1.29, 1.82) is 0 Å². The Bertz CT molecular complexity index is 1320. The molecule has 0 atom stereocenters. The molecule has 0 spiro atoms. The zero-order chi connectivity index (χ0) is 41.8. The number of allylic oxidation sites excluding steroid dienone is 2. The molecule has 1 heterocycles. The first-order chi connectivity index (χ1) is 27.8. The fraction of sp³-hybridized carbons (Fsp3) is 0.704. The Morgan fingerprint density at radius 1 is 0.386 bits per heavy atom. The van der Waals surface area contributed by atoms with E-state index in [1.54, 1.807) is 30.3 Å². The molecular formula is C54H90N2Ni. The molecule has 0 saturated carbocycles. The molecule has 2 aromatic rings. The molecule has 1 aliphatic rings. The van der Waals surface area contributed by atoms with Crippen LogP contribution in [0.3, 0.4) is 0 Å². The second-order valence-corrected chi connectivity index (χ2v) is 18.0. The molecule has 0 saturated heterocycles. The first kappa shape index (κ1) is 51.2. The molecular weight excluding hydrogens is 735 g/mol. The Morgan fingerprint density at radius 2 is 0.649 bits per heavy atom. The van der Waals surface area contributed by atoms with Gasteiger partial charge in [0.05, 0.1) is 0 Å². The van der Waals surface area contributed by atoms with Crippen molar-refractivity contribution in [1.82, 2.24) is 0 Å². The van der Waals surface area contributed by atoms with Crippen molar-refractivity contribution in [3.05, 3.63) is 85.5 Å². The van der Waals surface area contributed by atoms with E-state index in [1.807, 2.05) is 0 Å². The summed E-state index contributed by atoms with van der Waals surface area (Å²) in [6, 6.07) is 10.1. The topological polar surface area (TPSA) is 25.3 Å². The van der Waals surface area contributed by atoms with Crippen LogP contribution in [0.4, 0.5) is 0 Å². The minimum atomic E-state index is 1.03. The normalized spacial score (nSPS) is 13.0. The Labute approximate surface area is 361 Å². The van der Waals surface area contributed by atoms with Crippen LogP contribution in [0.2, 0.25) is 11.8 Å². The van der Waals surface area contributed by atoms with Crippen LogP contribution >= 0.6 is 0 Å². The second kappa shape index (κ2) is 31.0. The second-order valence-electron chi connectivity index (χ2n) is 17.0. The van der Waals surface area contributed by atoms with Crippen LogP contribution in [-0.2, 0) is 53.0 Å². The van der Waals surface area contributed by atoms with Crippen LogP contribution < -0.4 is 0 Å². The summed E-state index contributed by atoms with van der Waals surface area (Å²) in [4.78, 5) is 0. The summed E-state index contributed by atoms with van der Waals surface area (Å²) in [7, 11) is 0. The first-order valence-electron chi connectivity index (χ1n) is 24.3. The molecule has 0 aliphatic carbocycles. The number of hydrogen-bond donors (Lipinski definition) is 0. The Morgan fingerprint density at radius 3 is 0.877 bits per heavy atom. The molecule has 0 aromatic heterocycles. The van der Waals surface area contributed by atoms with Gasteiger partial charge >= 0.3 is 26.2 Å². The standard InChI is InChI=1S/C52H84N2.2CH3.Ni/c1-9-17-23-27-31-41-37-45(38-42(47(41)15-7)32-28-24-18-10-2)51-49(35-21-13-5)50(36-22-14-6)52(54(51)53)46-39-43(33-29-25-19-11-3)48(16-8)44(40-46)34-30-26-20-12-4;;;/h37-40H,9-36H2,1-8H3;2*1H3;. The Hall–Kier alpha value is -1.99. The van der Waals surface area contributed by atoms with Crippen LogP contribution in [0, 0.1) is 0 Å². The summed E-state index contributed by atoms with van der Waals surface area (Å²) in [5, 5.41) is 0. The molecule has 2 nitrogen and oxygen atoms in total. The van der Waals surface area contributed by atoms with Gasteiger partial charge in [-0.05, 0) is 148 Å². The van der Waals surface area contributed by atoms with Crippen molar-refractivity contribution in [3.63, 3.8) is 0 Å². The van der Waals surface area contributed by atoms with Crippen LogP contribution in [0.25, 0.3) is 16.9 Å². The van der Waals surface area contributed by atoms with Crippen LogP contribution in [0.1, 0.15) is 241 Å². The molecule has 0 N–H and O–H groups in total. The van der Waals surface area contributed by atoms with Gasteiger partial charge in [-0.25, -0.2) is 4.70 Å². The zero-order valence-corrected chi connectivity index (χ0v) is 40.3. The summed E-state index contributed by atoms with van der Waals surface area (Å²) in [5.74, 6) is 4.12. The maximum absolute atomic E-state index is 12.8. The third-order valence-corrected chi connectivity index (χ3v) is 12.2. The Kier molecular flexibility index (Phi) is 27.8. The van der Waals surface area contributed by atoms with Crippen LogP contribution in [0.5, 0.6) is 0 Å². The fourth-order valence-corrected chi connectivity index (χ4v) is 9.13. The average molecular weight is 826 g/mol. The van der Waals surface area contributed by atoms with Gasteiger partial charge in [0, 0.05) is 22.3 Å². The number of rotatable bonds is 30. The summed E-state index contributed by atoms with van der Waals surface area (Å²) in [5.41, 5.74) is 29.6. The molecule has 0 radical (unpaired) electrons. The summed E-state index contributed by atoms with van der Waals surface area (Å²) >= 11 is 1.62. The Balaban J connectivity index is 0.00000362. The van der Waals surface area contributed by atoms with Crippen molar-refractivity contribution in [2.45, 2.75) is 247 Å². The molecule has 2 aromatic carbocycles. The molecule has 3 rings (SSSR count). The van der Waals surface area contributed by atoms with Gasteiger partial charge in [0.15, 0.2) is 0 Å². The van der Waals surface area contributed by atoms with E-state index in [4.69, 9.17) is 0 Å². The molecule has 0 unspecified atom stereocenters. The van der Waals surface area contributed by atoms with E-state index in [1.165, 1.54) is 147 Å². The van der Waals surface area contributed by atoms with Crippen LogP contribution in [-0.4, -0.2) is 4.70 Å². The molecule has 326 valence electrons. The summed E-state index contributed by atoms with van der Waals surface area (Å²) < 4.78 is 1.71. The van der Waals surface area contributed by atoms with Gasteiger partial charge < -0.3 is 5.53 Å².